The molecule has 3 aromatic carbocycles. The van der Waals surface area contributed by atoms with E-state index in [1.165, 1.54) is 6.92 Å². The fraction of sp³-hybridized carbons (Fsp3) is 0.120. The Labute approximate surface area is 171 Å². The lowest BCUT2D eigenvalue weighted by Crippen LogP contribution is -2.04. The number of esters is 2. The van der Waals surface area contributed by atoms with E-state index in [9.17, 15) is 9.59 Å². The summed E-state index contributed by atoms with van der Waals surface area (Å²) in [4.78, 5) is 22.0. The molecule has 0 aliphatic rings. The van der Waals surface area contributed by atoms with Crippen molar-refractivity contribution in [1.29, 1.82) is 0 Å². The second-order valence-corrected chi connectivity index (χ2v) is 6.04. The first-order valence-corrected chi connectivity index (χ1v) is 9.26. The van der Waals surface area contributed by atoms with Gasteiger partial charge in [0.15, 0.2) is 0 Å². The van der Waals surface area contributed by atoms with E-state index in [4.69, 9.17) is 9.47 Å². The summed E-state index contributed by atoms with van der Waals surface area (Å²) in [5, 5.41) is 0. The summed E-state index contributed by atoms with van der Waals surface area (Å²) in [7, 11) is 0. The highest BCUT2D eigenvalue weighted by atomic mass is 16.5. The van der Waals surface area contributed by atoms with E-state index in [1.807, 2.05) is 91.0 Å². The van der Waals surface area contributed by atoms with Crippen LogP contribution in [0.3, 0.4) is 0 Å². The smallest absolute Gasteiger partial charge is 0.338 e. The number of hydrogen-bond donors (Lipinski definition) is 0. The molecule has 0 spiro atoms. The molecule has 0 saturated carbocycles. The molecule has 148 valence electrons. The Bertz CT molecular complexity index is 888. The van der Waals surface area contributed by atoms with Crippen molar-refractivity contribution >= 4 is 18.0 Å². The zero-order valence-electron chi connectivity index (χ0n) is 16.4. The van der Waals surface area contributed by atoms with E-state index in [-0.39, 0.29) is 11.9 Å². The van der Waals surface area contributed by atoms with Crippen molar-refractivity contribution < 1.29 is 19.1 Å². The molecule has 0 aliphatic carbocycles. The third kappa shape index (κ3) is 9.20. The summed E-state index contributed by atoms with van der Waals surface area (Å²) in [6, 6.07) is 28.5. The molecule has 0 atom stereocenters. The Morgan fingerprint density at radius 1 is 0.759 bits per heavy atom. The van der Waals surface area contributed by atoms with Crippen LogP contribution in [0.4, 0.5) is 0 Å². The van der Waals surface area contributed by atoms with Crippen molar-refractivity contribution in [1.82, 2.24) is 0 Å². The molecule has 0 N–H and O–H groups in total. The molecule has 0 aromatic heterocycles. The van der Waals surface area contributed by atoms with Gasteiger partial charge in [-0.05, 0) is 29.3 Å². The van der Waals surface area contributed by atoms with Crippen LogP contribution in [0.2, 0.25) is 0 Å². The Balaban J connectivity index is 0.000000212. The van der Waals surface area contributed by atoms with Gasteiger partial charge in [-0.3, -0.25) is 4.79 Å². The minimum Gasteiger partial charge on any atom is -0.462 e. The van der Waals surface area contributed by atoms with Crippen molar-refractivity contribution in [3.8, 4) is 0 Å². The molecule has 4 heteroatoms. The minimum absolute atomic E-state index is 0.252. The van der Waals surface area contributed by atoms with Gasteiger partial charge in [0.25, 0.3) is 0 Å². The molecule has 0 bridgehead atoms. The number of hydrogen-bond acceptors (Lipinski definition) is 4. The van der Waals surface area contributed by atoms with Crippen molar-refractivity contribution in [2.45, 2.75) is 13.5 Å². The summed E-state index contributed by atoms with van der Waals surface area (Å²) in [6.45, 7) is 2.05. The lowest BCUT2D eigenvalue weighted by atomic mass is 10.2. The SMILES string of the molecule is CC(=O)OCC=Cc1ccccc1.O=C(OCc1ccccc1)c1ccccc1. The minimum atomic E-state index is -0.288. The molecule has 0 heterocycles. The molecule has 0 saturated heterocycles. The number of rotatable bonds is 6. The van der Waals surface area contributed by atoms with E-state index >= 15 is 0 Å². The highest BCUT2D eigenvalue weighted by Gasteiger charge is 2.05. The van der Waals surface area contributed by atoms with Crippen molar-refractivity contribution in [3.63, 3.8) is 0 Å². The lowest BCUT2D eigenvalue weighted by molar-refractivity contribution is -0.139. The zero-order valence-corrected chi connectivity index (χ0v) is 16.4. The number of carbonyl (C=O) groups is 2. The van der Waals surface area contributed by atoms with E-state index in [0.29, 0.717) is 18.8 Å². The predicted octanol–water partition coefficient (Wildman–Crippen LogP) is 5.31. The monoisotopic (exact) mass is 388 g/mol. The molecule has 4 nitrogen and oxygen atoms in total. The second-order valence-electron chi connectivity index (χ2n) is 6.04. The highest BCUT2D eigenvalue weighted by molar-refractivity contribution is 5.89. The molecule has 0 radical (unpaired) electrons. The first kappa shape index (κ1) is 21.6. The molecule has 29 heavy (non-hydrogen) atoms. The lowest BCUT2D eigenvalue weighted by Gasteiger charge is -2.04. The van der Waals surface area contributed by atoms with Crippen LogP contribution >= 0.6 is 0 Å². The van der Waals surface area contributed by atoms with E-state index in [1.54, 1.807) is 12.1 Å². The zero-order chi connectivity index (χ0) is 20.7. The number of carbonyl (C=O) groups excluding carboxylic acids is 2. The van der Waals surface area contributed by atoms with Crippen LogP contribution < -0.4 is 0 Å². The molecule has 3 rings (SSSR count). The van der Waals surface area contributed by atoms with Gasteiger partial charge < -0.3 is 9.47 Å². The van der Waals surface area contributed by atoms with Crippen molar-refractivity contribution in [2.24, 2.45) is 0 Å². The average Bonchev–Trinajstić information content (AvgIpc) is 2.77. The van der Waals surface area contributed by atoms with Crippen LogP contribution in [-0.4, -0.2) is 18.5 Å². The summed E-state index contributed by atoms with van der Waals surface area (Å²) in [6.07, 6.45) is 3.74. The van der Waals surface area contributed by atoms with Crippen LogP contribution in [0.15, 0.2) is 97.1 Å². The molecule has 0 fully saturated rings. The summed E-state index contributed by atoms with van der Waals surface area (Å²) < 4.78 is 9.91. The van der Waals surface area contributed by atoms with Gasteiger partial charge in [-0.1, -0.05) is 84.9 Å². The van der Waals surface area contributed by atoms with Crippen LogP contribution in [0, 0.1) is 0 Å². The number of ether oxygens (including phenoxy) is 2. The maximum Gasteiger partial charge on any atom is 0.338 e. The highest BCUT2D eigenvalue weighted by Crippen LogP contribution is 2.05. The third-order valence-electron chi connectivity index (χ3n) is 3.71. The summed E-state index contributed by atoms with van der Waals surface area (Å²) in [5.74, 6) is -0.540. The quantitative estimate of drug-likeness (QED) is 0.537. The largest absolute Gasteiger partial charge is 0.462 e. The second kappa shape index (κ2) is 12.7. The van der Waals surface area contributed by atoms with Gasteiger partial charge in [-0.25, -0.2) is 4.79 Å². The van der Waals surface area contributed by atoms with Gasteiger partial charge in [0, 0.05) is 6.92 Å². The Hall–Kier alpha value is -3.66. The van der Waals surface area contributed by atoms with Crippen LogP contribution in [0.25, 0.3) is 6.08 Å². The molecule has 0 unspecified atom stereocenters. The Morgan fingerprint density at radius 3 is 1.90 bits per heavy atom. The van der Waals surface area contributed by atoms with E-state index < -0.39 is 0 Å². The van der Waals surface area contributed by atoms with Gasteiger partial charge in [-0.15, -0.1) is 0 Å². The predicted molar refractivity (Wildman–Crippen MR) is 114 cm³/mol. The van der Waals surface area contributed by atoms with Crippen LogP contribution in [0.5, 0.6) is 0 Å². The molecular weight excluding hydrogens is 364 g/mol. The first-order valence-electron chi connectivity index (χ1n) is 9.26. The maximum atomic E-state index is 11.6. The molecule has 3 aromatic rings. The standard InChI is InChI=1S/C14H12O2.C11H12O2/c15-14(13-9-5-2-6-10-13)16-11-12-7-3-1-4-8-12;1-10(12)13-9-5-8-11-6-3-2-4-7-11/h1-10H,11H2;2-8H,9H2,1H3. The van der Waals surface area contributed by atoms with Crippen LogP contribution in [-0.2, 0) is 20.9 Å². The summed E-state index contributed by atoms with van der Waals surface area (Å²) in [5.41, 5.74) is 2.68. The van der Waals surface area contributed by atoms with E-state index in [0.717, 1.165) is 11.1 Å². The fourth-order valence-electron chi connectivity index (χ4n) is 2.29. The molecular formula is C25H24O4. The van der Waals surface area contributed by atoms with Crippen molar-refractivity contribution in [3.05, 3.63) is 114 Å². The normalized spacial score (nSPS) is 9.97. The first-order chi connectivity index (χ1) is 14.1. The third-order valence-corrected chi connectivity index (χ3v) is 3.71. The van der Waals surface area contributed by atoms with Gasteiger partial charge in [0.1, 0.15) is 13.2 Å². The Kier molecular flexibility index (Phi) is 9.46. The fourth-order valence-corrected chi connectivity index (χ4v) is 2.29. The molecule has 0 amide bonds. The van der Waals surface area contributed by atoms with Gasteiger partial charge in [0.05, 0.1) is 5.56 Å². The van der Waals surface area contributed by atoms with Crippen molar-refractivity contribution in [2.75, 3.05) is 6.61 Å². The van der Waals surface area contributed by atoms with Crippen LogP contribution in [0.1, 0.15) is 28.4 Å². The van der Waals surface area contributed by atoms with Gasteiger partial charge in [-0.2, -0.15) is 0 Å². The molecule has 0 aliphatic heterocycles. The topological polar surface area (TPSA) is 52.6 Å². The number of benzene rings is 3. The average molecular weight is 388 g/mol. The van der Waals surface area contributed by atoms with Gasteiger partial charge in [0.2, 0.25) is 0 Å². The van der Waals surface area contributed by atoms with Gasteiger partial charge >= 0.3 is 11.9 Å². The Morgan fingerprint density at radius 2 is 1.31 bits per heavy atom. The summed E-state index contributed by atoms with van der Waals surface area (Å²) >= 11 is 0. The maximum absolute atomic E-state index is 11.6. The van der Waals surface area contributed by atoms with E-state index in [2.05, 4.69) is 0 Å².